The first-order chi connectivity index (χ1) is 7.90. The second-order valence-corrected chi connectivity index (χ2v) is 4.67. The Labute approximate surface area is 97.5 Å². The van der Waals surface area contributed by atoms with Crippen molar-refractivity contribution >= 4 is 0 Å². The van der Waals surface area contributed by atoms with Crippen LogP contribution in [0.1, 0.15) is 38.4 Å². The molecule has 1 aromatic heterocycles. The third-order valence-electron chi connectivity index (χ3n) is 3.25. The second-order valence-electron chi connectivity index (χ2n) is 4.67. The zero-order chi connectivity index (χ0) is 11.2. The van der Waals surface area contributed by atoms with Gasteiger partial charge in [0.15, 0.2) is 0 Å². The molecule has 1 atom stereocenters. The van der Waals surface area contributed by atoms with Crippen LogP contribution in [0.4, 0.5) is 0 Å². The van der Waals surface area contributed by atoms with Crippen LogP contribution in [0.5, 0.6) is 0 Å². The van der Waals surface area contributed by atoms with Crippen LogP contribution in [-0.4, -0.2) is 27.9 Å². The maximum atomic E-state index is 4.38. The molecule has 0 saturated carbocycles. The van der Waals surface area contributed by atoms with Crippen LogP contribution in [-0.2, 0) is 13.0 Å². The highest BCUT2D eigenvalue weighted by atomic mass is 15.3. The number of rotatable bonds is 4. The average molecular weight is 222 g/mol. The summed E-state index contributed by atoms with van der Waals surface area (Å²) in [7, 11) is 0. The molecule has 0 spiro atoms. The second kappa shape index (κ2) is 5.99. The highest BCUT2D eigenvalue weighted by Gasteiger charge is 2.15. The van der Waals surface area contributed by atoms with Gasteiger partial charge in [0.05, 0.1) is 0 Å². The molecule has 1 unspecified atom stereocenters. The van der Waals surface area contributed by atoms with Crippen LogP contribution in [0.25, 0.3) is 0 Å². The number of aryl methyl sites for hydroxylation is 1. The van der Waals surface area contributed by atoms with Gasteiger partial charge in [0.2, 0.25) is 0 Å². The Morgan fingerprint density at radius 1 is 1.50 bits per heavy atom. The smallest absolute Gasteiger partial charge is 0.138 e. The largest absolute Gasteiger partial charge is 0.316 e. The lowest BCUT2D eigenvalue weighted by Gasteiger charge is -2.13. The Morgan fingerprint density at radius 3 is 3.31 bits per heavy atom. The van der Waals surface area contributed by atoms with E-state index in [1.54, 1.807) is 6.33 Å². The van der Waals surface area contributed by atoms with E-state index in [1.807, 2.05) is 0 Å². The summed E-state index contributed by atoms with van der Waals surface area (Å²) in [5.41, 5.74) is 0. The van der Waals surface area contributed by atoms with Gasteiger partial charge in [-0.15, -0.1) is 0 Å². The Hall–Kier alpha value is -0.900. The van der Waals surface area contributed by atoms with Crippen molar-refractivity contribution in [3.63, 3.8) is 0 Å². The van der Waals surface area contributed by atoms with Crippen LogP contribution >= 0.6 is 0 Å². The highest BCUT2D eigenvalue weighted by Crippen LogP contribution is 2.15. The molecule has 90 valence electrons. The number of nitrogens with zero attached hydrogens (tertiary/aromatic N) is 3. The summed E-state index contributed by atoms with van der Waals surface area (Å²) in [5, 5.41) is 7.78. The standard InChI is InChI=1S/C12H22N4/c1-2-7-16-12(14-10-15-16)8-11-5-3-4-6-13-9-11/h10-11,13H,2-9H2,1H3. The van der Waals surface area contributed by atoms with E-state index in [0.29, 0.717) is 0 Å². The predicted octanol–water partition coefficient (Wildman–Crippen LogP) is 1.62. The molecular formula is C12H22N4. The maximum Gasteiger partial charge on any atom is 0.138 e. The molecule has 2 heterocycles. The van der Waals surface area contributed by atoms with Gasteiger partial charge in [-0.2, -0.15) is 5.10 Å². The third kappa shape index (κ3) is 3.04. The number of aromatic nitrogens is 3. The summed E-state index contributed by atoms with van der Waals surface area (Å²) >= 11 is 0. The van der Waals surface area contributed by atoms with Gasteiger partial charge in [0.1, 0.15) is 12.2 Å². The lowest BCUT2D eigenvalue weighted by Crippen LogP contribution is -2.23. The minimum Gasteiger partial charge on any atom is -0.316 e. The van der Waals surface area contributed by atoms with Gasteiger partial charge in [0, 0.05) is 13.0 Å². The van der Waals surface area contributed by atoms with Gasteiger partial charge in [-0.25, -0.2) is 4.98 Å². The summed E-state index contributed by atoms with van der Waals surface area (Å²) in [6.45, 7) is 5.49. The minimum absolute atomic E-state index is 0.738. The van der Waals surface area contributed by atoms with E-state index in [0.717, 1.165) is 37.7 Å². The summed E-state index contributed by atoms with van der Waals surface area (Å²) in [6.07, 6.45) is 7.88. The molecule has 0 aromatic carbocycles. The summed E-state index contributed by atoms with van der Waals surface area (Å²) in [4.78, 5) is 4.38. The van der Waals surface area contributed by atoms with Gasteiger partial charge >= 0.3 is 0 Å². The first kappa shape index (κ1) is 11.6. The molecule has 16 heavy (non-hydrogen) atoms. The van der Waals surface area contributed by atoms with E-state index in [1.165, 1.54) is 25.8 Å². The van der Waals surface area contributed by atoms with Gasteiger partial charge in [-0.3, -0.25) is 4.68 Å². The lowest BCUT2D eigenvalue weighted by molar-refractivity contribution is 0.446. The van der Waals surface area contributed by atoms with Crippen LogP contribution < -0.4 is 5.32 Å². The summed E-state index contributed by atoms with van der Waals surface area (Å²) < 4.78 is 2.06. The molecule has 0 aliphatic carbocycles. The normalized spacial score (nSPS) is 21.9. The van der Waals surface area contributed by atoms with Crippen molar-refractivity contribution in [2.24, 2.45) is 5.92 Å². The lowest BCUT2D eigenvalue weighted by atomic mass is 9.99. The van der Waals surface area contributed by atoms with E-state index >= 15 is 0 Å². The Morgan fingerprint density at radius 2 is 2.44 bits per heavy atom. The molecule has 4 nitrogen and oxygen atoms in total. The van der Waals surface area contributed by atoms with E-state index in [2.05, 4.69) is 27.0 Å². The molecule has 2 rings (SSSR count). The van der Waals surface area contributed by atoms with E-state index in [9.17, 15) is 0 Å². The number of nitrogens with one attached hydrogen (secondary N) is 1. The van der Waals surface area contributed by atoms with Crippen molar-refractivity contribution in [1.82, 2.24) is 20.1 Å². The fraction of sp³-hybridized carbons (Fsp3) is 0.833. The Balaban J connectivity index is 1.93. The molecule has 0 bridgehead atoms. The fourth-order valence-electron chi connectivity index (χ4n) is 2.37. The van der Waals surface area contributed by atoms with E-state index in [4.69, 9.17) is 0 Å². The molecule has 0 radical (unpaired) electrons. The zero-order valence-electron chi connectivity index (χ0n) is 10.2. The van der Waals surface area contributed by atoms with Crippen molar-refractivity contribution in [3.05, 3.63) is 12.2 Å². The zero-order valence-corrected chi connectivity index (χ0v) is 10.2. The van der Waals surface area contributed by atoms with Crippen LogP contribution in [0.15, 0.2) is 6.33 Å². The topological polar surface area (TPSA) is 42.7 Å². The van der Waals surface area contributed by atoms with Gasteiger partial charge in [-0.05, 0) is 38.3 Å². The summed E-state index contributed by atoms with van der Waals surface area (Å²) in [5.74, 6) is 1.90. The van der Waals surface area contributed by atoms with Crippen molar-refractivity contribution in [2.45, 2.75) is 45.6 Å². The van der Waals surface area contributed by atoms with Crippen molar-refractivity contribution in [2.75, 3.05) is 13.1 Å². The molecule has 0 amide bonds. The first-order valence-electron chi connectivity index (χ1n) is 6.47. The number of hydrogen-bond acceptors (Lipinski definition) is 3. The molecule has 1 saturated heterocycles. The van der Waals surface area contributed by atoms with Gasteiger partial charge in [-0.1, -0.05) is 13.3 Å². The Bertz CT molecular complexity index is 300. The minimum atomic E-state index is 0.738. The molecule has 1 aliphatic rings. The van der Waals surface area contributed by atoms with Crippen molar-refractivity contribution in [3.8, 4) is 0 Å². The van der Waals surface area contributed by atoms with E-state index < -0.39 is 0 Å². The van der Waals surface area contributed by atoms with Gasteiger partial charge < -0.3 is 5.32 Å². The molecular weight excluding hydrogens is 200 g/mol. The van der Waals surface area contributed by atoms with Crippen molar-refractivity contribution in [1.29, 1.82) is 0 Å². The SMILES string of the molecule is CCCn1ncnc1CC1CCCCNC1. The quantitative estimate of drug-likeness (QED) is 0.842. The van der Waals surface area contributed by atoms with Gasteiger partial charge in [0.25, 0.3) is 0 Å². The molecule has 1 aliphatic heterocycles. The highest BCUT2D eigenvalue weighted by molar-refractivity contribution is 4.88. The molecule has 1 aromatic rings. The summed E-state index contributed by atoms with van der Waals surface area (Å²) in [6, 6.07) is 0. The maximum absolute atomic E-state index is 4.38. The molecule has 4 heteroatoms. The fourth-order valence-corrected chi connectivity index (χ4v) is 2.37. The van der Waals surface area contributed by atoms with Crippen molar-refractivity contribution < 1.29 is 0 Å². The first-order valence-corrected chi connectivity index (χ1v) is 6.47. The van der Waals surface area contributed by atoms with Crippen LogP contribution in [0.3, 0.4) is 0 Å². The number of hydrogen-bond donors (Lipinski definition) is 1. The average Bonchev–Trinajstić information content (AvgIpc) is 2.56. The Kier molecular flexibility index (Phi) is 4.34. The predicted molar refractivity (Wildman–Crippen MR) is 64.2 cm³/mol. The van der Waals surface area contributed by atoms with Crippen LogP contribution in [0.2, 0.25) is 0 Å². The van der Waals surface area contributed by atoms with E-state index in [-0.39, 0.29) is 0 Å². The van der Waals surface area contributed by atoms with Crippen LogP contribution in [0, 0.1) is 5.92 Å². The molecule has 1 N–H and O–H groups in total. The monoisotopic (exact) mass is 222 g/mol. The third-order valence-corrected chi connectivity index (χ3v) is 3.25. The molecule has 1 fully saturated rings.